The number of nitrogens with zero attached hydrogens (tertiary/aromatic N) is 1. The van der Waals surface area contributed by atoms with Crippen LogP contribution in [0.15, 0.2) is 24.3 Å². The Labute approximate surface area is 89.3 Å². The molecule has 0 aliphatic heterocycles. The average molecular weight is 201 g/mol. The molecule has 15 heavy (non-hydrogen) atoms. The van der Waals surface area contributed by atoms with Gasteiger partial charge in [-0.15, -0.1) is 0 Å². The molecule has 1 heterocycles. The molecule has 0 fully saturated rings. The van der Waals surface area contributed by atoms with Gasteiger partial charge in [-0.05, 0) is 25.0 Å². The highest BCUT2D eigenvalue weighted by Gasteiger charge is 2.08. The van der Waals surface area contributed by atoms with Gasteiger partial charge in [0.15, 0.2) is 0 Å². The van der Waals surface area contributed by atoms with Gasteiger partial charge >= 0.3 is 0 Å². The Balaban J connectivity index is 2.83. The summed E-state index contributed by atoms with van der Waals surface area (Å²) in [4.78, 5) is 4.61. The van der Waals surface area contributed by atoms with E-state index >= 15 is 0 Å². The summed E-state index contributed by atoms with van der Waals surface area (Å²) in [5, 5.41) is 1.08. The van der Waals surface area contributed by atoms with Gasteiger partial charge in [-0.1, -0.05) is 25.1 Å². The molecule has 3 nitrogen and oxygen atoms in total. The second kappa shape index (κ2) is 3.87. The second-order valence-corrected chi connectivity index (χ2v) is 3.57. The fourth-order valence-electron chi connectivity index (χ4n) is 1.89. The summed E-state index contributed by atoms with van der Waals surface area (Å²) in [6.45, 7) is 4.15. The summed E-state index contributed by atoms with van der Waals surface area (Å²) in [7, 11) is 0. The summed E-state index contributed by atoms with van der Waals surface area (Å²) >= 11 is 0. The fraction of sp³-hybridized carbons (Fsp3) is 0.250. The summed E-state index contributed by atoms with van der Waals surface area (Å²) in [6.07, 6.45) is 0.922. The van der Waals surface area contributed by atoms with Crippen LogP contribution in [0, 0.1) is 6.92 Å². The summed E-state index contributed by atoms with van der Waals surface area (Å²) in [6, 6.07) is 8.03. The number of para-hydroxylation sites is 1. The van der Waals surface area contributed by atoms with Crippen LogP contribution in [0.5, 0.6) is 0 Å². The topological polar surface area (TPSA) is 50.9 Å². The van der Waals surface area contributed by atoms with Crippen molar-refractivity contribution in [2.24, 2.45) is 5.84 Å². The molecule has 0 aliphatic carbocycles. The van der Waals surface area contributed by atoms with Crippen molar-refractivity contribution in [3.63, 3.8) is 0 Å². The molecule has 0 bridgehead atoms. The summed E-state index contributed by atoms with van der Waals surface area (Å²) < 4.78 is 0. The highest BCUT2D eigenvalue weighted by molar-refractivity contribution is 5.93. The van der Waals surface area contributed by atoms with E-state index in [1.54, 1.807) is 0 Å². The first-order valence-electron chi connectivity index (χ1n) is 5.12. The number of anilines is 1. The number of benzene rings is 1. The number of fused-ring (bicyclic) bond motifs is 1. The normalized spacial score (nSPS) is 10.6. The number of hydrogen-bond acceptors (Lipinski definition) is 3. The van der Waals surface area contributed by atoms with E-state index in [0.717, 1.165) is 34.3 Å². The lowest BCUT2D eigenvalue weighted by Crippen LogP contribution is -2.10. The molecule has 78 valence electrons. The molecule has 1 aromatic heterocycles. The monoisotopic (exact) mass is 201 g/mol. The highest BCUT2D eigenvalue weighted by Crippen LogP contribution is 2.27. The van der Waals surface area contributed by atoms with Gasteiger partial charge in [-0.2, -0.15) is 0 Å². The number of nitrogens with two attached hydrogens (primary N) is 1. The van der Waals surface area contributed by atoms with Crippen LogP contribution >= 0.6 is 0 Å². The number of hydrazine groups is 1. The van der Waals surface area contributed by atoms with Crippen molar-refractivity contribution in [1.82, 2.24) is 4.98 Å². The van der Waals surface area contributed by atoms with Gasteiger partial charge in [0.1, 0.15) is 0 Å². The standard InChI is InChI=1S/C12H15N3/c1-3-10-8(2)12(15-13)9-6-4-5-7-11(9)14-10/h4-7H,3,13H2,1-2H3,(H,14,15). The molecule has 0 spiro atoms. The van der Waals surface area contributed by atoms with Crippen molar-refractivity contribution < 1.29 is 0 Å². The van der Waals surface area contributed by atoms with Gasteiger partial charge in [0.2, 0.25) is 0 Å². The van der Waals surface area contributed by atoms with E-state index in [1.165, 1.54) is 0 Å². The molecular formula is C12H15N3. The van der Waals surface area contributed by atoms with Crippen LogP contribution < -0.4 is 11.3 Å². The number of nitrogens with one attached hydrogen (secondary N) is 1. The number of pyridine rings is 1. The molecular weight excluding hydrogens is 186 g/mol. The lowest BCUT2D eigenvalue weighted by Gasteiger charge is -2.12. The molecule has 3 heteroatoms. The Hall–Kier alpha value is -1.61. The third kappa shape index (κ3) is 1.55. The first-order valence-corrected chi connectivity index (χ1v) is 5.12. The van der Waals surface area contributed by atoms with Gasteiger partial charge in [-0.3, -0.25) is 10.8 Å². The van der Waals surface area contributed by atoms with Crippen molar-refractivity contribution >= 4 is 16.6 Å². The quantitative estimate of drug-likeness (QED) is 0.579. The maximum Gasteiger partial charge on any atom is 0.0726 e. The molecule has 1 aromatic carbocycles. The minimum atomic E-state index is 0.922. The Morgan fingerprint density at radius 3 is 2.73 bits per heavy atom. The number of nitrogen functional groups attached to an aromatic ring is 1. The van der Waals surface area contributed by atoms with Gasteiger partial charge in [0.25, 0.3) is 0 Å². The molecule has 0 saturated heterocycles. The van der Waals surface area contributed by atoms with Gasteiger partial charge in [0, 0.05) is 11.1 Å². The van der Waals surface area contributed by atoms with E-state index in [9.17, 15) is 0 Å². The lowest BCUT2D eigenvalue weighted by molar-refractivity contribution is 1.03. The molecule has 0 radical (unpaired) electrons. The van der Waals surface area contributed by atoms with Crippen LogP contribution in [0.25, 0.3) is 10.9 Å². The van der Waals surface area contributed by atoms with E-state index in [-0.39, 0.29) is 0 Å². The van der Waals surface area contributed by atoms with E-state index in [4.69, 9.17) is 5.84 Å². The van der Waals surface area contributed by atoms with E-state index in [1.807, 2.05) is 31.2 Å². The molecule has 2 rings (SSSR count). The van der Waals surface area contributed by atoms with E-state index < -0.39 is 0 Å². The fourth-order valence-corrected chi connectivity index (χ4v) is 1.89. The number of rotatable bonds is 2. The number of aromatic nitrogens is 1. The Kier molecular flexibility index (Phi) is 2.56. The van der Waals surface area contributed by atoms with Crippen LogP contribution in [-0.2, 0) is 6.42 Å². The Morgan fingerprint density at radius 2 is 2.07 bits per heavy atom. The van der Waals surface area contributed by atoms with Crippen LogP contribution in [-0.4, -0.2) is 4.98 Å². The first kappa shape index (κ1) is 9.93. The number of aryl methyl sites for hydroxylation is 1. The van der Waals surface area contributed by atoms with Crippen LogP contribution in [0.2, 0.25) is 0 Å². The zero-order valence-electron chi connectivity index (χ0n) is 9.04. The van der Waals surface area contributed by atoms with Crippen molar-refractivity contribution in [3.8, 4) is 0 Å². The smallest absolute Gasteiger partial charge is 0.0726 e. The van der Waals surface area contributed by atoms with Crippen molar-refractivity contribution in [2.75, 3.05) is 5.43 Å². The predicted octanol–water partition coefficient (Wildman–Crippen LogP) is 2.39. The summed E-state index contributed by atoms with van der Waals surface area (Å²) in [5.41, 5.74) is 6.99. The largest absolute Gasteiger partial charge is 0.323 e. The SMILES string of the molecule is CCc1nc2ccccc2c(NN)c1C. The predicted molar refractivity (Wildman–Crippen MR) is 63.7 cm³/mol. The van der Waals surface area contributed by atoms with Crippen molar-refractivity contribution in [3.05, 3.63) is 35.5 Å². The minimum Gasteiger partial charge on any atom is -0.323 e. The van der Waals surface area contributed by atoms with Gasteiger partial charge in [-0.25, -0.2) is 0 Å². The maximum atomic E-state index is 5.56. The lowest BCUT2D eigenvalue weighted by atomic mass is 10.1. The van der Waals surface area contributed by atoms with Crippen LogP contribution in [0.1, 0.15) is 18.2 Å². The van der Waals surface area contributed by atoms with E-state index in [0.29, 0.717) is 0 Å². The van der Waals surface area contributed by atoms with E-state index in [2.05, 4.69) is 17.3 Å². The maximum absolute atomic E-state index is 5.56. The first-order chi connectivity index (χ1) is 7.27. The molecule has 3 N–H and O–H groups in total. The molecule has 0 aliphatic rings. The second-order valence-electron chi connectivity index (χ2n) is 3.57. The molecule has 2 aromatic rings. The number of hydrogen-bond donors (Lipinski definition) is 2. The minimum absolute atomic E-state index is 0.922. The van der Waals surface area contributed by atoms with Crippen molar-refractivity contribution in [2.45, 2.75) is 20.3 Å². The van der Waals surface area contributed by atoms with Gasteiger partial charge < -0.3 is 5.43 Å². The Bertz CT molecular complexity index is 491. The molecule has 0 saturated carbocycles. The third-order valence-corrected chi connectivity index (χ3v) is 2.72. The summed E-state index contributed by atoms with van der Waals surface area (Å²) in [5.74, 6) is 5.56. The average Bonchev–Trinajstić information content (AvgIpc) is 2.28. The zero-order chi connectivity index (χ0) is 10.8. The van der Waals surface area contributed by atoms with Gasteiger partial charge in [0.05, 0.1) is 11.2 Å². The molecule has 0 unspecified atom stereocenters. The van der Waals surface area contributed by atoms with Crippen LogP contribution in [0.3, 0.4) is 0 Å². The molecule has 0 amide bonds. The van der Waals surface area contributed by atoms with Crippen molar-refractivity contribution in [1.29, 1.82) is 0 Å². The molecule has 0 atom stereocenters. The highest BCUT2D eigenvalue weighted by atomic mass is 15.2. The Morgan fingerprint density at radius 1 is 1.33 bits per heavy atom. The van der Waals surface area contributed by atoms with Crippen LogP contribution in [0.4, 0.5) is 5.69 Å². The third-order valence-electron chi connectivity index (χ3n) is 2.72. The zero-order valence-corrected chi connectivity index (χ0v) is 9.04.